The highest BCUT2D eigenvalue weighted by Crippen LogP contribution is 2.31. The summed E-state index contributed by atoms with van der Waals surface area (Å²) in [5.41, 5.74) is 3.22. The predicted octanol–water partition coefficient (Wildman–Crippen LogP) is 3.68. The molecule has 2 N–H and O–H groups in total. The van der Waals surface area contributed by atoms with Gasteiger partial charge in [-0.25, -0.2) is 18.1 Å². The fourth-order valence-electron chi connectivity index (χ4n) is 4.03. The van der Waals surface area contributed by atoms with Gasteiger partial charge in [-0.05, 0) is 60.0 Å². The highest BCUT2D eigenvalue weighted by molar-refractivity contribution is 7.92. The summed E-state index contributed by atoms with van der Waals surface area (Å²) in [6, 6.07) is 28.9. The molecule has 0 aromatic heterocycles. The van der Waals surface area contributed by atoms with E-state index in [0.29, 0.717) is 28.6 Å². The third kappa shape index (κ3) is 8.72. The lowest BCUT2D eigenvalue weighted by Crippen LogP contribution is -2.39. The summed E-state index contributed by atoms with van der Waals surface area (Å²) in [7, 11) is -4.34. The number of benzene rings is 4. The Bertz CT molecular complexity index is 1720. The molecule has 226 valence electrons. The molecule has 44 heavy (non-hydrogen) atoms. The van der Waals surface area contributed by atoms with Crippen LogP contribution in [0.1, 0.15) is 11.1 Å². The molecule has 0 aliphatic rings. The van der Waals surface area contributed by atoms with Crippen molar-refractivity contribution in [3.63, 3.8) is 0 Å². The second-order valence-corrected chi connectivity index (χ2v) is 11.2. The fraction of sp³-hybridized carbons (Fsp3) is 0.129. The Morgan fingerprint density at radius 1 is 0.864 bits per heavy atom. The Morgan fingerprint density at radius 3 is 2.18 bits per heavy atom. The van der Waals surface area contributed by atoms with Crippen LogP contribution in [0.15, 0.2) is 119 Å². The Hall–Kier alpha value is -5.56. The standard InChI is InChI=1S/C31H29N5O7S/c37-30(22-35(28-13-7-8-14-29(28)36(39)40)44(41,42)27-11-5-2-6-12-27)34-33-21-25-15-17-26(18-16-25)43-23-31(38)32-20-19-24-9-3-1-4-10-24/h1-18,21H,19-20,22-23H2,(H,32,38)(H,34,37)/b33-21-. The fourth-order valence-corrected chi connectivity index (χ4v) is 5.49. The maximum Gasteiger partial charge on any atom is 0.293 e. The summed E-state index contributed by atoms with van der Waals surface area (Å²) < 4.78 is 33.0. The second kappa shape index (κ2) is 15.1. The average molecular weight is 616 g/mol. The SMILES string of the molecule is O=C(COc1ccc(/C=N\NC(=O)CN(c2ccccc2[N+](=O)[O-])S(=O)(=O)c2ccccc2)cc1)NCCc1ccccc1. The molecule has 0 fully saturated rings. The van der Waals surface area contributed by atoms with E-state index >= 15 is 0 Å². The molecule has 0 saturated heterocycles. The number of nitro groups is 1. The molecule has 4 aromatic rings. The first kappa shape index (κ1) is 31.4. The number of hydrogen-bond donors (Lipinski definition) is 2. The number of nitro benzene ring substituents is 1. The summed E-state index contributed by atoms with van der Waals surface area (Å²) in [5.74, 6) is -0.619. The summed E-state index contributed by atoms with van der Waals surface area (Å²) in [5, 5.41) is 18.3. The van der Waals surface area contributed by atoms with Crippen LogP contribution >= 0.6 is 0 Å². The molecule has 2 amide bonds. The van der Waals surface area contributed by atoms with Crippen molar-refractivity contribution in [2.24, 2.45) is 5.10 Å². The van der Waals surface area contributed by atoms with Crippen molar-refractivity contribution in [2.45, 2.75) is 11.3 Å². The molecule has 0 aliphatic heterocycles. The van der Waals surface area contributed by atoms with Gasteiger partial charge in [0.1, 0.15) is 18.0 Å². The number of carbonyl (C=O) groups excluding carboxylic acids is 2. The van der Waals surface area contributed by atoms with E-state index in [-0.39, 0.29) is 23.1 Å². The monoisotopic (exact) mass is 615 g/mol. The number of rotatable bonds is 14. The molecule has 0 radical (unpaired) electrons. The molecule has 0 heterocycles. The first-order chi connectivity index (χ1) is 21.2. The molecule has 0 bridgehead atoms. The molecule has 0 saturated carbocycles. The van der Waals surface area contributed by atoms with Gasteiger partial charge in [0.05, 0.1) is 16.0 Å². The number of sulfonamides is 1. The van der Waals surface area contributed by atoms with Crippen molar-refractivity contribution >= 4 is 39.4 Å². The van der Waals surface area contributed by atoms with Crippen LogP contribution in [0, 0.1) is 10.1 Å². The van der Waals surface area contributed by atoms with Gasteiger partial charge in [0.25, 0.3) is 27.5 Å². The van der Waals surface area contributed by atoms with Gasteiger partial charge in [0, 0.05) is 12.6 Å². The van der Waals surface area contributed by atoms with Crippen LogP contribution in [0.25, 0.3) is 0 Å². The van der Waals surface area contributed by atoms with Gasteiger partial charge in [-0.2, -0.15) is 5.10 Å². The minimum Gasteiger partial charge on any atom is -0.484 e. The van der Waals surface area contributed by atoms with Gasteiger partial charge < -0.3 is 10.1 Å². The van der Waals surface area contributed by atoms with Crippen LogP contribution in [0.3, 0.4) is 0 Å². The molecule has 4 rings (SSSR count). The van der Waals surface area contributed by atoms with Crippen LogP contribution in [0.4, 0.5) is 11.4 Å². The van der Waals surface area contributed by atoms with Gasteiger partial charge >= 0.3 is 0 Å². The van der Waals surface area contributed by atoms with Gasteiger partial charge in [0.2, 0.25) is 0 Å². The highest BCUT2D eigenvalue weighted by Gasteiger charge is 2.31. The molecule has 12 nitrogen and oxygen atoms in total. The lowest BCUT2D eigenvalue weighted by molar-refractivity contribution is -0.384. The minimum absolute atomic E-state index is 0.138. The third-order valence-corrected chi connectivity index (χ3v) is 7.97. The molecular formula is C31H29N5O7S. The van der Waals surface area contributed by atoms with E-state index in [1.807, 2.05) is 30.3 Å². The predicted molar refractivity (Wildman–Crippen MR) is 165 cm³/mol. The number of hydrazone groups is 1. The zero-order valence-electron chi connectivity index (χ0n) is 23.4. The van der Waals surface area contributed by atoms with E-state index in [1.165, 1.54) is 48.7 Å². The van der Waals surface area contributed by atoms with Crippen molar-refractivity contribution in [3.8, 4) is 5.75 Å². The Labute approximate surface area is 254 Å². The third-order valence-electron chi connectivity index (χ3n) is 6.20. The smallest absolute Gasteiger partial charge is 0.293 e. The first-order valence-corrected chi connectivity index (χ1v) is 14.8. The molecule has 0 atom stereocenters. The molecule has 0 spiro atoms. The topological polar surface area (TPSA) is 160 Å². The van der Waals surface area contributed by atoms with Crippen LogP contribution in [-0.2, 0) is 26.0 Å². The van der Waals surface area contributed by atoms with Gasteiger partial charge in [-0.3, -0.25) is 19.7 Å². The van der Waals surface area contributed by atoms with Gasteiger partial charge in [0.15, 0.2) is 6.61 Å². The average Bonchev–Trinajstić information content (AvgIpc) is 3.04. The van der Waals surface area contributed by atoms with E-state index < -0.39 is 33.1 Å². The number of anilines is 1. The van der Waals surface area contributed by atoms with Crippen LogP contribution < -0.4 is 19.8 Å². The normalized spacial score (nSPS) is 11.1. The quantitative estimate of drug-likeness (QED) is 0.124. The van der Waals surface area contributed by atoms with Crippen molar-refractivity contribution in [1.29, 1.82) is 0 Å². The van der Waals surface area contributed by atoms with Gasteiger partial charge in [-0.1, -0.05) is 60.7 Å². The number of amides is 2. The number of hydrogen-bond acceptors (Lipinski definition) is 8. The molecule has 0 aliphatic carbocycles. The number of ether oxygens (including phenoxy) is 1. The Balaban J connectivity index is 1.33. The zero-order valence-corrected chi connectivity index (χ0v) is 24.2. The minimum atomic E-state index is -4.34. The lowest BCUT2D eigenvalue weighted by Gasteiger charge is -2.23. The largest absolute Gasteiger partial charge is 0.484 e. The van der Waals surface area contributed by atoms with Gasteiger partial charge in [-0.15, -0.1) is 0 Å². The summed E-state index contributed by atoms with van der Waals surface area (Å²) >= 11 is 0. The second-order valence-electron chi connectivity index (χ2n) is 9.31. The van der Waals surface area contributed by atoms with Crippen LogP contribution in [0.2, 0.25) is 0 Å². The summed E-state index contributed by atoms with van der Waals surface area (Å²) in [4.78, 5) is 35.6. The number of para-hydroxylation sites is 2. The maximum absolute atomic E-state index is 13.4. The number of nitrogens with one attached hydrogen (secondary N) is 2. The summed E-state index contributed by atoms with van der Waals surface area (Å²) in [6.07, 6.45) is 2.04. The highest BCUT2D eigenvalue weighted by atomic mass is 32.2. The van der Waals surface area contributed by atoms with Crippen molar-refractivity contribution in [2.75, 3.05) is 24.0 Å². The van der Waals surface area contributed by atoms with Crippen molar-refractivity contribution in [3.05, 3.63) is 130 Å². The van der Waals surface area contributed by atoms with Crippen molar-refractivity contribution < 1.29 is 27.7 Å². The van der Waals surface area contributed by atoms with E-state index in [0.717, 1.165) is 11.6 Å². The van der Waals surface area contributed by atoms with Crippen LogP contribution in [0.5, 0.6) is 5.75 Å². The van der Waals surface area contributed by atoms with Crippen molar-refractivity contribution in [1.82, 2.24) is 10.7 Å². The molecule has 13 heteroatoms. The maximum atomic E-state index is 13.4. The van der Waals surface area contributed by atoms with Crippen LogP contribution in [-0.4, -0.2) is 51.1 Å². The van der Waals surface area contributed by atoms with E-state index in [1.54, 1.807) is 30.3 Å². The van der Waals surface area contributed by atoms with E-state index in [2.05, 4.69) is 15.8 Å². The zero-order chi connectivity index (χ0) is 31.4. The van der Waals surface area contributed by atoms with E-state index in [9.17, 15) is 28.1 Å². The lowest BCUT2D eigenvalue weighted by atomic mass is 10.1. The summed E-state index contributed by atoms with van der Waals surface area (Å²) in [6.45, 7) is -0.425. The van der Waals surface area contributed by atoms with E-state index in [4.69, 9.17) is 4.74 Å². The number of nitrogens with zero attached hydrogens (tertiary/aromatic N) is 3. The molecular weight excluding hydrogens is 586 g/mol. The Kier molecular flexibility index (Phi) is 10.7. The molecule has 0 unspecified atom stereocenters. The Morgan fingerprint density at radius 2 is 1.50 bits per heavy atom. The molecule has 4 aromatic carbocycles. The first-order valence-electron chi connectivity index (χ1n) is 13.4. The number of carbonyl (C=O) groups is 2.